The standard InChI is InChI=1S/C28H29FN6O2/c29-22-17-35(16-18-6-8-20(9-7-18)19-4-2-1-3-5-19)15-13-28(22,12-14-30)24-23(25(31)36)26(34-33-24)32-27(37)21-10-11-21/h1-9,21-22H,10-13,15-17H2,(H2,31,36)(H2,32,33,34,37)/t22-,28?/m1/s1. The number of rotatable bonds is 8. The molecule has 3 aromatic rings. The lowest BCUT2D eigenvalue weighted by Gasteiger charge is -2.43. The molecule has 2 amide bonds. The van der Waals surface area contributed by atoms with Crippen LogP contribution in [0.2, 0.25) is 0 Å². The van der Waals surface area contributed by atoms with Crippen LogP contribution in [-0.4, -0.2) is 46.2 Å². The number of amides is 2. The number of halogens is 1. The van der Waals surface area contributed by atoms with E-state index in [0.717, 1.165) is 29.5 Å². The van der Waals surface area contributed by atoms with Gasteiger partial charge in [-0.15, -0.1) is 0 Å². The van der Waals surface area contributed by atoms with Gasteiger partial charge in [-0.25, -0.2) is 4.39 Å². The zero-order valence-corrected chi connectivity index (χ0v) is 20.4. The van der Waals surface area contributed by atoms with Gasteiger partial charge in [-0.2, -0.15) is 10.4 Å². The first-order valence-electron chi connectivity index (χ1n) is 12.5. The Morgan fingerprint density at radius 1 is 1.16 bits per heavy atom. The van der Waals surface area contributed by atoms with Gasteiger partial charge in [0.05, 0.1) is 17.2 Å². The SMILES string of the molecule is N#CCC1(c2[nH]nc(NC(=O)C3CC3)c2C(N)=O)CCN(Cc2ccc(-c3ccccc3)cc2)C[C@H]1F. The number of benzene rings is 2. The highest BCUT2D eigenvalue weighted by Crippen LogP contribution is 2.43. The molecule has 5 rings (SSSR count). The number of hydrogen-bond donors (Lipinski definition) is 3. The Bertz CT molecular complexity index is 1330. The quantitative estimate of drug-likeness (QED) is 0.432. The Morgan fingerprint density at radius 3 is 2.49 bits per heavy atom. The maximum atomic E-state index is 16.0. The topological polar surface area (TPSA) is 128 Å². The van der Waals surface area contributed by atoms with E-state index in [4.69, 9.17) is 5.73 Å². The van der Waals surface area contributed by atoms with E-state index in [1.807, 2.05) is 35.2 Å². The predicted octanol–water partition coefficient (Wildman–Crippen LogP) is 3.92. The summed E-state index contributed by atoms with van der Waals surface area (Å²) in [7, 11) is 0. The minimum Gasteiger partial charge on any atom is -0.365 e. The number of alkyl halides is 1. The van der Waals surface area contributed by atoms with Crippen molar-refractivity contribution < 1.29 is 14.0 Å². The third-order valence-electron chi connectivity index (χ3n) is 7.45. The van der Waals surface area contributed by atoms with Gasteiger partial charge in [0.2, 0.25) is 5.91 Å². The third kappa shape index (κ3) is 4.98. The summed E-state index contributed by atoms with van der Waals surface area (Å²) in [6.07, 6.45) is 0.263. The second-order valence-corrected chi connectivity index (χ2v) is 9.96. The highest BCUT2D eigenvalue weighted by atomic mass is 19.1. The molecule has 1 aromatic heterocycles. The maximum Gasteiger partial charge on any atom is 0.254 e. The highest BCUT2D eigenvalue weighted by Gasteiger charge is 2.49. The summed E-state index contributed by atoms with van der Waals surface area (Å²) in [5.74, 6) is -1.15. The van der Waals surface area contributed by atoms with Crippen molar-refractivity contribution in [2.75, 3.05) is 18.4 Å². The van der Waals surface area contributed by atoms with Crippen molar-refractivity contribution in [3.8, 4) is 17.2 Å². The molecule has 4 N–H and O–H groups in total. The Labute approximate surface area is 214 Å². The van der Waals surface area contributed by atoms with E-state index in [9.17, 15) is 14.9 Å². The van der Waals surface area contributed by atoms with Gasteiger partial charge in [-0.05, 0) is 42.5 Å². The minimum absolute atomic E-state index is 0.00449. The minimum atomic E-state index is -1.45. The van der Waals surface area contributed by atoms with Crippen LogP contribution in [0, 0.1) is 17.2 Å². The van der Waals surface area contributed by atoms with Crippen molar-refractivity contribution in [2.24, 2.45) is 11.7 Å². The van der Waals surface area contributed by atoms with Crippen molar-refractivity contribution in [3.63, 3.8) is 0 Å². The number of nitrogens with zero attached hydrogens (tertiary/aromatic N) is 3. The van der Waals surface area contributed by atoms with Gasteiger partial charge in [-0.3, -0.25) is 19.6 Å². The smallest absolute Gasteiger partial charge is 0.254 e. The fourth-order valence-corrected chi connectivity index (χ4v) is 5.15. The molecule has 8 nitrogen and oxygen atoms in total. The van der Waals surface area contributed by atoms with E-state index in [-0.39, 0.29) is 41.9 Å². The Morgan fingerprint density at radius 2 is 1.86 bits per heavy atom. The molecule has 0 bridgehead atoms. The number of likely N-dealkylation sites (tertiary alicyclic amines) is 1. The number of hydrogen-bond acceptors (Lipinski definition) is 5. The fraction of sp³-hybridized carbons (Fsp3) is 0.357. The van der Waals surface area contributed by atoms with E-state index < -0.39 is 17.5 Å². The van der Waals surface area contributed by atoms with Gasteiger partial charge in [0.15, 0.2) is 5.82 Å². The molecule has 0 spiro atoms. The van der Waals surface area contributed by atoms with Crippen molar-refractivity contribution in [2.45, 2.75) is 43.8 Å². The molecule has 1 saturated heterocycles. The molecule has 190 valence electrons. The van der Waals surface area contributed by atoms with Crippen LogP contribution in [-0.2, 0) is 16.8 Å². The zero-order chi connectivity index (χ0) is 26.0. The van der Waals surface area contributed by atoms with Crippen molar-refractivity contribution >= 4 is 17.6 Å². The van der Waals surface area contributed by atoms with Gasteiger partial charge >= 0.3 is 0 Å². The van der Waals surface area contributed by atoms with Crippen molar-refractivity contribution in [3.05, 3.63) is 71.4 Å². The van der Waals surface area contributed by atoms with Crippen molar-refractivity contribution in [1.29, 1.82) is 5.26 Å². The van der Waals surface area contributed by atoms with Crippen LogP contribution in [0.25, 0.3) is 11.1 Å². The van der Waals surface area contributed by atoms with E-state index in [2.05, 4.69) is 45.8 Å². The summed E-state index contributed by atoms with van der Waals surface area (Å²) in [4.78, 5) is 26.7. The molecule has 1 unspecified atom stereocenters. The fourth-order valence-electron chi connectivity index (χ4n) is 5.15. The lowest BCUT2D eigenvalue weighted by molar-refractivity contribution is -0.117. The zero-order valence-electron chi connectivity index (χ0n) is 20.4. The molecule has 1 aliphatic carbocycles. The van der Waals surface area contributed by atoms with Gasteiger partial charge in [0.25, 0.3) is 5.91 Å². The molecular formula is C28H29FN6O2. The summed E-state index contributed by atoms with van der Waals surface area (Å²) < 4.78 is 16.0. The van der Waals surface area contributed by atoms with E-state index in [1.54, 1.807) is 0 Å². The molecule has 37 heavy (non-hydrogen) atoms. The number of carbonyl (C=O) groups is 2. The van der Waals surface area contributed by atoms with Crippen LogP contribution in [0.3, 0.4) is 0 Å². The lowest BCUT2D eigenvalue weighted by Crippen LogP contribution is -2.52. The molecule has 2 aliphatic rings. The molecule has 2 atom stereocenters. The van der Waals surface area contributed by atoms with Crippen LogP contribution >= 0.6 is 0 Å². The van der Waals surface area contributed by atoms with Crippen molar-refractivity contribution in [1.82, 2.24) is 15.1 Å². The number of aromatic nitrogens is 2. The van der Waals surface area contributed by atoms with E-state index in [0.29, 0.717) is 19.5 Å². The first-order valence-corrected chi connectivity index (χ1v) is 12.5. The predicted molar refractivity (Wildman–Crippen MR) is 137 cm³/mol. The maximum absolute atomic E-state index is 16.0. The van der Waals surface area contributed by atoms with E-state index >= 15 is 4.39 Å². The summed E-state index contributed by atoms with van der Waals surface area (Å²) in [6.45, 7) is 1.17. The number of primary amides is 1. The average molecular weight is 501 g/mol. The van der Waals surface area contributed by atoms with Gasteiger partial charge < -0.3 is 11.1 Å². The monoisotopic (exact) mass is 500 g/mol. The molecular weight excluding hydrogens is 471 g/mol. The molecule has 9 heteroatoms. The van der Waals surface area contributed by atoms with Gasteiger partial charge in [0, 0.05) is 25.4 Å². The second kappa shape index (κ2) is 10.1. The van der Waals surface area contributed by atoms with Crippen LogP contribution in [0.15, 0.2) is 54.6 Å². The molecule has 1 aliphatic heterocycles. The highest BCUT2D eigenvalue weighted by molar-refractivity contribution is 6.04. The summed E-state index contributed by atoms with van der Waals surface area (Å²) in [6, 6.07) is 20.4. The largest absolute Gasteiger partial charge is 0.365 e. The summed E-state index contributed by atoms with van der Waals surface area (Å²) in [5, 5.41) is 19.1. The first-order chi connectivity index (χ1) is 17.9. The number of carbonyl (C=O) groups excluding carboxylic acids is 2. The average Bonchev–Trinajstić information content (AvgIpc) is 3.67. The Hall–Kier alpha value is -4.03. The Balaban J connectivity index is 1.33. The molecule has 2 fully saturated rings. The van der Waals surface area contributed by atoms with E-state index in [1.165, 1.54) is 0 Å². The molecule has 2 heterocycles. The number of piperidine rings is 1. The number of anilines is 1. The number of nitrogens with one attached hydrogen (secondary N) is 2. The summed E-state index contributed by atoms with van der Waals surface area (Å²) >= 11 is 0. The third-order valence-corrected chi connectivity index (χ3v) is 7.45. The van der Waals surface area contributed by atoms with Crippen LogP contribution in [0.1, 0.15) is 47.3 Å². The first kappa shape index (κ1) is 24.7. The van der Waals surface area contributed by atoms with Gasteiger partial charge in [-0.1, -0.05) is 54.6 Å². The molecule has 1 saturated carbocycles. The van der Waals surface area contributed by atoms with Crippen LogP contribution in [0.4, 0.5) is 10.2 Å². The normalized spacial score (nSPS) is 21.8. The van der Waals surface area contributed by atoms with Crippen LogP contribution in [0.5, 0.6) is 0 Å². The lowest BCUT2D eigenvalue weighted by atomic mass is 9.70. The summed E-state index contributed by atoms with van der Waals surface area (Å²) in [5.41, 5.74) is 7.83. The molecule has 2 aromatic carbocycles. The number of aromatic amines is 1. The second-order valence-electron chi connectivity index (χ2n) is 9.96. The molecule has 0 radical (unpaired) electrons. The number of H-pyrrole nitrogens is 1. The van der Waals surface area contributed by atoms with Gasteiger partial charge in [0.1, 0.15) is 11.7 Å². The number of nitriles is 1. The Kier molecular flexibility index (Phi) is 6.76. The van der Waals surface area contributed by atoms with Crippen LogP contribution < -0.4 is 11.1 Å². The number of nitrogens with two attached hydrogens (primary N) is 1.